The summed E-state index contributed by atoms with van der Waals surface area (Å²) in [7, 11) is 0. The number of carbonyl (C=O) groups excluding carboxylic acids is 1. The number of carbonyl (C=O) groups is 1. The highest BCUT2D eigenvalue weighted by Crippen LogP contribution is 2.37. The predicted molar refractivity (Wildman–Crippen MR) is 112 cm³/mol. The van der Waals surface area contributed by atoms with Crippen molar-refractivity contribution in [3.8, 4) is 0 Å². The van der Waals surface area contributed by atoms with E-state index in [1.54, 1.807) is 25.1 Å². The van der Waals surface area contributed by atoms with Gasteiger partial charge in [0.2, 0.25) is 5.91 Å². The number of rotatable bonds is 6. The molecular weight excluding hydrogens is 374 g/mol. The van der Waals surface area contributed by atoms with Gasteiger partial charge in [-0.3, -0.25) is 14.9 Å². The first-order chi connectivity index (χ1) is 13.4. The van der Waals surface area contributed by atoms with Crippen molar-refractivity contribution in [2.45, 2.75) is 17.1 Å². The molecule has 0 heterocycles. The minimum absolute atomic E-state index is 0.00800. The number of aryl methyl sites for hydroxylation is 1. The van der Waals surface area contributed by atoms with Crippen molar-refractivity contribution in [2.75, 3.05) is 11.1 Å². The van der Waals surface area contributed by atoms with Crippen LogP contribution in [-0.2, 0) is 4.79 Å². The van der Waals surface area contributed by atoms with Crippen molar-refractivity contribution < 1.29 is 9.72 Å². The quantitative estimate of drug-likeness (QED) is 0.267. The summed E-state index contributed by atoms with van der Waals surface area (Å²) in [6.07, 6.45) is 0. The van der Waals surface area contributed by atoms with Crippen molar-refractivity contribution in [1.82, 2.24) is 0 Å². The number of amides is 1. The highest BCUT2D eigenvalue weighted by Gasteiger charge is 2.23. The third-order valence-electron chi connectivity index (χ3n) is 4.15. The zero-order valence-electron chi connectivity index (χ0n) is 15.2. The van der Waals surface area contributed by atoms with Crippen LogP contribution in [0.25, 0.3) is 0 Å². The van der Waals surface area contributed by atoms with Crippen LogP contribution in [-0.4, -0.2) is 10.8 Å². The Kier molecular flexibility index (Phi) is 5.96. The molecule has 3 aromatic rings. The monoisotopic (exact) mass is 393 g/mol. The van der Waals surface area contributed by atoms with E-state index in [-0.39, 0.29) is 11.6 Å². The molecule has 0 bridgehead atoms. The molecule has 0 saturated heterocycles. The van der Waals surface area contributed by atoms with Crippen LogP contribution in [0.4, 0.5) is 17.1 Å². The van der Waals surface area contributed by atoms with E-state index in [0.29, 0.717) is 16.9 Å². The van der Waals surface area contributed by atoms with Crippen LogP contribution in [0.3, 0.4) is 0 Å². The molecule has 0 fully saturated rings. The SMILES string of the molecule is Cc1cc([N+](=O)[O-])ccc1NC(=O)C(Sc1ccc(N)cc1)c1ccccc1. The predicted octanol–water partition coefficient (Wildman–Crippen LogP) is 4.96. The van der Waals surface area contributed by atoms with Crippen LogP contribution in [0.1, 0.15) is 16.4 Å². The molecule has 7 heteroatoms. The summed E-state index contributed by atoms with van der Waals surface area (Å²) in [6.45, 7) is 1.73. The van der Waals surface area contributed by atoms with Gasteiger partial charge in [-0.05, 0) is 48.4 Å². The number of nitrogens with one attached hydrogen (secondary N) is 1. The maximum absolute atomic E-state index is 13.1. The largest absolute Gasteiger partial charge is 0.399 e. The molecule has 0 aliphatic heterocycles. The van der Waals surface area contributed by atoms with Gasteiger partial charge >= 0.3 is 0 Å². The number of benzene rings is 3. The molecule has 1 atom stereocenters. The van der Waals surface area contributed by atoms with Gasteiger partial charge in [0.25, 0.3) is 5.69 Å². The van der Waals surface area contributed by atoms with Crippen LogP contribution in [0, 0.1) is 17.0 Å². The number of hydrogen-bond acceptors (Lipinski definition) is 5. The number of anilines is 2. The molecular formula is C21H19N3O3S. The van der Waals surface area contributed by atoms with Crippen molar-refractivity contribution >= 4 is 34.7 Å². The van der Waals surface area contributed by atoms with E-state index in [0.717, 1.165) is 10.5 Å². The summed E-state index contributed by atoms with van der Waals surface area (Å²) in [4.78, 5) is 24.4. The van der Waals surface area contributed by atoms with Crippen LogP contribution in [0.5, 0.6) is 0 Å². The highest BCUT2D eigenvalue weighted by molar-refractivity contribution is 8.00. The van der Waals surface area contributed by atoms with Crippen LogP contribution in [0.2, 0.25) is 0 Å². The van der Waals surface area contributed by atoms with Gasteiger partial charge in [-0.15, -0.1) is 11.8 Å². The number of thioether (sulfide) groups is 1. The Morgan fingerprint density at radius 3 is 2.36 bits per heavy atom. The third kappa shape index (κ3) is 4.69. The van der Waals surface area contributed by atoms with Gasteiger partial charge < -0.3 is 11.1 Å². The van der Waals surface area contributed by atoms with Gasteiger partial charge in [0.1, 0.15) is 5.25 Å². The lowest BCUT2D eigenvalue weighted by Gasteiger charge is -2.18. The maximum atomic E-state index is 13.1. The fraction of sp³-hybridized carbons (Fsp3) is 0.0952. The van der Waals surface area contributed by atoms with E-state index in [1.807, 2.05) is 42.5 Å². The Balaban J connectivity index is 1.86. The molecule has 0 aromatic heterocycles. The molecule has 3 N–H and O–H groups in total. The Bertz CT molecular complexity index is 992. The molecule has 0 aliphatic carbocycles. The number of non-ortho nitro benzene ring substituents is 1. The zero-order chi connectivity index (χ0) is 20.1. The molecule has 1 amide bonds. The second-order valence-electron chi connectivity index (χ2n) is 6.22. The fourth-order valence-electron chi connectivity index (χ4n) is 2.68. The number of hydrogen-bond donors (Lipinski definition) is 2. The van der Waals surface area contributed by atoms with Gasteiger partial charge in [0, 0.05) is 28.4 Å². The maximum Gasteiger partial charge on any atom is 0.269 e. The summed E-state index contributed by atoms with van der Waals surface area (Å²) >= 11 is 1.42. The lowest BCUT2D eigenvalue weighted by atomic mass is 10.1. The average Bonchev–Trinajstić information content (AvgIpc) is 2.69. The number of nitrogens with zero attached hydrogens (tertiary/aromatic N) is 1. The molecule has 1 unspecified atom stereocenters. The number of nitro groups is 1. The third-order valence-corrected chi connectivity index (χ3v) is 5.42. The molecule has 6 nitrogen and oxygen atoms in total. The summed E-state index contributed by atoms with van der Waals surface area (Å²) in [5.74, 6) is -0.204. The average molecular weight is 393 g/mol. The van der Waals surface area contributed by atoms with Gasteiger partial charge in [-0.1, -0.05) is 30.3 Å². The van der Waals surface area contributed by atoms with Crippen molar-refractivity contribution in [2.24, 2.45) is 0 Å². The van der Waals surface area contributed by atoms with E-state index in [4.69, 9.17) is 5.73 Å². The fourth-order valence-corrected chi connectivity index (χ4v) is 3.71. The Labute approximate surface area is 166 Å². The first kappa shape index (κ1) is 19.4. The Morgan fingerprint density at radius 2 is 1.75 bits per heavy atom. The summed E-state index contributed by atoms with van der Waals surface area (Å²) in [6, 6.07) is 21.2. The molecule has 3 rings (SSSR count). The minimum atomic E-state index is -0.487. The molecule has 0 spiro atoms. The van der Waals surface area contributed by atoms with E-state index >= 15 is 0 Å². The van der Waals surface area contributed by atoms with Gasteiger partial charge in [-0.25, -0.2) is 0 Å². The topological polar surface area (TPSA) is 98.3 Å². The zero-order valence-corrected chi connectivity index (χ0v) is 16.0. The first-order valence-corrected chi connectivity index (χ1v) is 9.45. The standard InChI is InChI=1S/C21H19N3O3S/c1-14-13-17(24(26)27)9-12-19(14)23-21(25)20(15-5-3-2-4-6-15)28-18-10-7-16(22)8-11-18/h2-13,20H,22H2,1H3,(H,23,25). The Hall–Kier alpha value is -3.32. The minimum Gasteiger partial charge on any atom is -0.399 e. The molecule has 28 heavy (non-hydrogen) atoms. The van der Waals surface area contributed by atoms with Crippen molar-refractivity contribution in [1.29, 1.82) is 0 Å². The summed E-state index contributed by atoms with van der Waals surface area (Å²) in [5.41, 5.74) is 8.44. The second kappa shape index (κ2) is 8.58. The van der Waals surface area contributed by atoms with E-state index in [9.17, 15) is 14.9 Å². The Morgan fingerprint density at radius 1 is 1.07 bits per heavy atom. The first-order valence-electron chi connectivity index (χ1n) is 8.57. The van der Waals surface area contributed by atoms with Gasteiger partial charge in [-0.2, -0.15) is 0 Å². The normalized spacial score (nSPS) is 11.6. The van der Waals surface area contributed by atoms with E-state index < -0.39 is 10.2 Å². The lowest BCUT2D eigenvalue weighted by Crippen LogP contribution is -2.19. The molecule has 0 aliphatic rings. The van der Waals surface area contributed by atoms with Crippen molar-refractivity contribution in [3.05, 3.63) is 94.0 Å². The highest BCUT2D eigenvalue weighted by atomic mass is 32.2. The van der Waals surface area contributed by atoms with E-state index in [1.165, 1.54) is 23.9 Å². The molecule has 0 saturated carbocycles. The molecule has 3 aromatic carbocycles. The van der Waals surface area contributed by atoms with Gasteiger partial charge in [0.05, 0.1) is 4.92 Å². The van der Waals surface area contributed by atoms with Crippen LogP contribution >= 0.6 is 11.8 Å². The van der Waals surface area contributed by atoms with E-state index in [2.05, 4.69) is 5.32 Å². The number of nitrogens with two attached hydrogens (primary N) is 1. The van der Waals surface area contributed by atoms with Crippen LogP contribution in [0.15, 0.2) is 77.7 Å². The number of nitro benzene ring substituents is 1. The summed E-state index contributed by atoms with van der Waals surface area (Å²) < 4.78 is 0. The molecule has 0 radical (unpaired) electrons. The summed E-state index contributed by atoms with van der Waals surface area (Å²) in [5, 5.41) is 13.3. The lowest BCUT2D eigenvalue weighted by molar-refractivity contribution is -0.384. The van der Waals surface area contributed by atoms with Gasteiger partial charge in [0.15, 0.2) is 0 Å². The second-order valence-corrected chi connectivity index (χ2v) is 7.40. The molecule has 142 valence electrons. The number of nitrogen functional groups attached to an aromatic ring is 1. The van der Waals surface area contributed by atoms with Crippen molar-refractivity contribution in [3.63, 3.8) is 0 Å². The smallest absolute Gasteiger partial charge is 0.269 e. The van der Waals surface area contributed by atoms with Crippen LogP contribution < -0.4 is 11.1 Å².